The van der Waals surface area contributed by atoms with Gasteiger partial charge in [-0.05, 0) is 40.8 Å². The lowest BCUT2D eigenvalue weighted by Crippen LogP contribution is -1.82. The first-order valence-corrected chi connectivity index (χ1v) is 6.02. The molecule has 1 heteroatoms. The van der Waals surface area contributed by atoms with Crippen molar-refractivity contribution in [2.75, 3.05) is 0 Å². The van der Waals surface area contributed by atoms with Crippen LogP contribution in [0.3, 0.4) is 0 Å². The molecule has 0 amide bonds. The molecule has 3 rings (SSSR count). The lowest BCUT2D eigenvalue weighted by Gasteiger charge is -2.00. The summed E-state index contributed by atoms with van der Waals surface area (Å²) in [5.74, 6) is 5.87. The molecular weight excluding hydrogens is 220 g/mol. The van der Waals surface area contributed by atoms with E-state index in [0.29, 0.717) is 6.42 Å². The topological polar surface area (TPSA) is 17.1 Å². The van der Waals surface area contributed by atoms with Gasteiger partial charge in [0.25, 0.3) is 0 Å². The number of carbonyl (C=O) groups excluding carboxylic acids is 1. The van der Waals surface area contributed by atoms with E-state index in [2.05, 4.69) is 48.2 Å². The van der Waals surface area contributed by atoms with Gasteiger partial charge in [-0.15, -0.1) is 0 Å². The molecule has 0 saturated carbocycles. The van der Waals surface area contributed by atoms with Crippen LogP contribution in [0, 0.1) is 11.8 Å². The quantitative estimate of drug-likeness (QED) is 0.465. The third-order valence-corrected chi connectivity index (χ3v) is 3.21. The van der Waals surface area contributed by atoms with Gasteiger partial charge in [0.15, 0.2) is 0 Å². The minimum atomic E-state index is 0.303. The molecule has 0 bridgehead atoms. The highest BCUT2D eigenvalue weighted by Gasteiger charge is 2.17. The summed E-state index contributed by atoms with van der Waals surface area (Å²) < 4.78 is 0. The van der Waals surface area contributed by atoms with E-state index in [1.807, 2.05) is 6.07 Å². The van der Waals surface area contributed by atoms with Gasteiger partial charge in [0.1, 0.15) is 6.29 Å². The molecule has 0 fully saturated rings. The Morgan fingerprint density at radius 2 is 1.89 bits per heavy atom. The van der Waals surface area contributed by atoms with Crippen LogP contribution in [0.4, 0.5) is 0 Å². The van der Waals surface area contributed by atoms with Crippen LogP contribution in [0.15, 0.2) is 42.5 Å². The van der Waals surface area contributed by atoms with Crippen LogP contribution in [-0.2, 0) is 11.2 Å². The summed E-state index contributed by atoms with van der Waals surface area (Å²) in [7, 11) is 0. The monoisotopic (exact) mass is 232 g/mol. The van der Waals surface area contributed by atoms with Crippen LogP contribution < -0.4 is 0 Å². The highest BCUT2D eigenvalue weighted by molar-refractivity contribution is 5.77. The molecule has 2 aromatic carbocycles. The molecule has 0 spiro atoms. The summed E-state index contributed by atoms with van der Waals surface area (Å²) in [6.07, 6.45) is 2.11. The molecule has 0 aromatic heterocycles. The molecule has 1 aliphatic carbocycles. The number of hydrogen-bond donors (Lipinski definition) is 0. The van der Waals surface area contributed by atoms with Crippen LogP contribution in [0.5, 0.6) is 0 Å². The molecule has 0 N–H and O–H groups in total. The van der Waals surface area contributed by atoms with E-state index in [1.54, 1.807) is 0 Å². The van der Waals surface area contributed by atoms with Crippen molar-refractivity contribution in [1.82, 2.24) is 0 Å². The van der Waals surface area contributed by atoms with Crippen LogP contribution in [0.1, 0.15) is 23.1 Å². The van der Waals surface area contributed by atoms with Crippen molar-refractivity contribution in [2.24, 2.45) is 0 Å². The van der Waals surface area contributed by atoms with Crippen molar-refractivity contribution >= 4 is 6.29 Å². The van der Waals surface area contributed by atoms with Gasteiger partial charge < -0.3 is 4.79 Å². The molecule has 0 radical (unpaired) electrons. The second-order valence-electron chi connectivity index (χ2n) is 4.38. The minimum Gasteiger partial charge on any atom is -0.302 e. The highest BCUT2D eigenvalue weighted by Crippen LogP contribution is 2.36. The molecule has 2 aromatic rings. The predicted molar refractivity (Wildman–Crippen MR) is 72.2 cm³/mol. The maximum absolute atomic E-state index is 10.2. The lowest BCUT2D eigenvalue weighted by molar-refractivity contribution is -0.107. The van der Waals surface area contributed by atoms with Gasteiger partial charge in [-0.25, -0.2) is 0 Å². The van der Waals surface area contributed by atoms with Gasteiger partial charge in [-0.3, -0.25) is 0 Å². The summed E-state index contributed by atoms with van der Waals surface area (Å²) >= 11 is 0. The van der Waals surface area contributed by atoms with E-state index in [1.165, 1.54) is 22.3 Å². The highest BCUT2D eigenvalue weighted by atomic mass is 16.1. The molecule has 1 nitrogen and oxygen atoms in total. The van der Waals surface area contributed by atoms with Gasteiger partial charge >= 0.3 is 0 Å². The molecule has 1 aliphatic rings. The summed E-state index contributed by atoms with van der Waals surface area (Å²) in [6, 6.07) is 14.8. The third kappa shape index (κ3) is 1.83. The molecule has 0 aliphatic heterocycles. The Morgan fingerprint density at radius 1 is 1.06 bits per heavy atom. The first-order valence-electron chi connectivity index (χ1n) is 6.02. The van der Waals surface area contributed by atoms with Crippen molar-refractivity contribution in [3.63, 3.8) is 0 Å². The fourth-order valence-corrected chi connectivity index (χ4v) is 2.42. The molecule has 0 heterocycles. The summed E-state index contributed by atoms with van der Waals surface area (Å²) in [5.41, 5.74) is 6.34. The Labute approximate surface area is 106 Å². The van der Waals surface area contributed by atoms with E-state index in [4.69, 9.17) is 0 Å². The lowest BCUT2D eigenvalue weighted by atomic mass is 10.0. The normalized spacial score (nSPS) is 11.1. The maximum Gasteiger partial charge on any atom is 0.131 e. The summed E-state index contributed by atoms with van der Waals surface area (Å²) in [5, 5.41) is 0. The van der Waals surface area contributed by atoms with E-state index in [-0.39, 0.29) is 0 Å². The zero-order chi connectivity index (χ0) is 12.4. The van der Waals surface area contributed by atoms with Gasteiger partial charge in [-0.2, -0.15) is 0 Å². The van der Waals surface area contributed by atoms with Crippen molar-refractivity contribution in [2.45, 2.75) is 12.8 Å². The average Bonchev–Trinajstić information content (AvgIpc) is 2.76. The molecule has 0 unspecified atom stereocenters. The zero-order valence-electron chi connectivity index (χ0n) is 9.94. The molecular formula is C17H12O. The Morgan fingerprint density at radius 3 is 2.78 bits per heavy atom. The zero-order valence-corrected chi connectivity index (χ0v) is 9.94. The number of rotatable bonds is 1. The van der Waals surface area contributed by atoms with E-state index >= 15 is 0 Å². The van der Waals surface area contributed by atoms with Crippen LogP contribution in [0.25, 0.3) is 11.1 Å². The first kappa shape index (κ1) is 10.8. The van der Waals surface area contributed by atoms with Crippen LogP contribution in [-0.4, -0.2) is 6.29 Å². The molecule has 86 valence electrons. The van der Waals surface area contributed by atoms with Gasteiger partial charge in [0, 0.05) is 5.56 Å². The summed E-state index contributed by atoms with van der Waals surface area (Å²) in [6.45, 7) is 0. The number of benzene rings is 2. The summed E-state index contributed by atoms with van der Waals surface area (Å²) in [4.78, 5) is 10.2. The molecule has 0 saturated heterocycles. The van der Waals surface area contributed by atoms with Gasteiger partial charge in [0.05, 0.1) is 6.42 Å². The smallest absolute Gasteiger partial charge is 0.131 e. The van der Waals surface area contributed by atoms with E-state index in [0.717, 1.165) is 18.3 Å². The maximum atomic E-state index is 10.2. The van der Waals surface area contributed by atoms with Crippen molar-refractivity contribution in [3.05, 3.63) is 59.2 Å². The second kappa shape index (κ2) is 4.50. The van der Waals surface area contributed by atoms with E-state index < -0.39 is 0 Å². The van der Waals surface area contributed by atoms with Crippen LogP contribution in [0.2, 0.25) is 0 Å². The predicted octanol–water partition coefficient (Wildman–Crippen LogP) is 3.20. The molecule has 18 heavy (non-hydrogen) atoms. The second-order valence-corrected chi connectivity index (χ2v) is 4.38. The van der Waals surface area contributed by atoms with Gasteiger partial charge in [-0.1, -0.05) is 42.2 Å². The van der Waals surface area contributed by atoms with Gasteiger partial charge in [0.2, 0.25) is 0 Å². The number of carbonyl (C=O) groups is 1. The number of fused-ring (bicyclic) bond motifs is 3. The fourth-order valence-electron chi connectivity index (χ4n) is 2.42. The SMILES string of the molecule is O=CCC#Cc1ccc2c(c1)Cc1ccccc1-2. The Balaban J connectivity index is 1.99. The fraction of sp³-hybridized carbons (Fsp3) is 0.118. The standard InChI is InChI=1S/C17H12O/c18-10-4-3-5-13-8-9-17-15(11-13)12-14-6-1-2-7-16(14)17/h1-2,6-11H,4,12H2. The Bertz CT molecular complexity index is 671. The first-order chi connectivity index (χ1) is 8.88. The van der Waals surface area contributed by atoms with E-state index in [9.17, 15) is 4.79 Å². The third-order valence-electron chi connectivity index (χ3n) is 3.21. The van der Waals surface area contributed by atoms with Crippen molar-refractivity contribution in [3.8, 4) is 23.0 Å². The Kier molecular flexibility index (Phi) is 2.70. The van der Waals surface area contributed by atoms with Crippen molar-refractivity contribution in [1.29, 1.82) is 0 Å². The number of aldehydes is 1. The average molecular weight is 232 g/mol. The van der Waals surface area contributed by atoms with Crippen molar-refractivity contribution < 1.29 is 4.79 Å². The van der Waals surface area contributed by atoms with Crippen LogP contribution >= 0.6 is 0 Å². The largest absolute Gasteiger partial charge is 0.302 e. The molecule has 0 atom stereocenters. The Hall–Kier alpha value is -2.33. The number of hydrogen-bond acceptors (Lipinski definition) is 1. The minimum absolute atomic E-state index is 0.303.